The number of Topliss-reactive ketones (excluding diaryl/α,β-unsaturated/α-hetero) is 1. The van der Waals surface area contributed by atoms with Crippen LogP contribution in [0.3, 0.4) is 0 Å². The van der Waals surface area contributed by atoms with E-state index in [1.807, 2.05) is 31.2 Å². The van der Waals surface area contributed by atoms with Crippen LogP contribution in [0.5, 0.6) is 0 Å². The molecule has 150 valence electrons. The lowest BCUT2D eigenvalue weighted by molar-refractivity contribution is -0.141. The van der Waals surface area contributed by atoms with E-state index in [0.29, 0.717) is 10.6 Å². The molecule has 1 aliphatic carbocycles. The van der Waals surface area contributed by atoms with E-state index in [1.54, 1.807) is 29.2 Å². The number of halogens is 1. The molecule has 1 saturated carbocycles. The second-order valence-corrected chi connectivity index (χ2v) is 8.35. The topological polar surface area (TPSA) is 57.6 Å². The fourth-order valence-electron chi connectivity index (χ4n) is 4.43. The second-order valence-electron chi connectivity index (χ2n) is 7.92. The Kier molecular flexibility index (Phi) is 5.46. The Morgan fingerprint density at radius 3 is 2.21 bits per heavy atom. The smallest absolute Gasteiger partial charge is 0.295 e. The van der Waals surface area contributed by atoms with Crippen molar-refractivity contribution in [2.24, 2.45) is 0 Å². The fourth-order valence-corrected chi connectivity index (χ4v) is 4.55. The minimum Gasteiger partial charge on any atom is -0.507 e. The van der Waals surface area contributed by atoms with Gasteiger partial charge in [-0.3, -0.25) is 9.59 Å². The van der Waals surface area contributed by atoms with E-state index in [0.717, 1.165) is 43.2 Å². The number of likely N-dealkylation sites (tertiary alicyclic amines) is 1. The number of hydrogen-bond donors (Lipinski definition) is 1. The van der Waals surface area contributed by atoms with Crippen molar-refractivity contribution in [1.29, 1.82) is 0 Å². The molecule has 0 spiro atoms. The zero-order valence-electron chi connectivity index (χ0n) is 16.4. The van der Waals surface area contributed by atoms with Gasteiger partial charge in [-0.25, -0.2) is 0 Å². The zero-order chi connectivity index (χ0) is 20.5. The summed E-state index contributed by atoms with van der Waals surface area (Å²) in [6, 6.07) is 13.9. The number of aliphatic hydroxyl groups is 1. The number of ketones is 1. The van der Waals surface area contributed by atoms with E-state index < -0.39 is 17.7 Å². The Bertz CT molecular complexity index is 957. The summed E-state index contributed by atoms with van der Waals surface area (Å²) in [6.45, 7) is 1.96. The van der Waals surface area contributed by atoms with Gasteiger partial charge in [0.2, 0.25) is 0 Å². The first-order valence-corrected chi connectivity index (χ1v) is 10.5. The molecule has 0 radical (unpaired) electrons. The normalized spacial score (nSPS) is 22.3. The SMILES string of the molecule is Cc1ccc(/C(O)=C2/C(=O)C(=O)N(C3CCCCC3)C2c2ccc(Cl)cc2)cc1. The van der Waals surface area contributed by atoms with Gasteiger partial charge in [0, 0.05) is 16.6 Å². The van der Waals surface area contributed by atoms with Crippen LogP contribution in [0.4, 0.5) is 0 Å². The van der Waals surface area contributed by atoms with Gasteiger partial charge in [-0.2, -0.15) is 0 Å². The molecule has 0 aromatic heterocycles. The number of rotatable bonds is 3. The maximum atomic E-state index is 13.1. The number of benzene rings is 2. The third kappa shape index (κ3) is 3.69. The van der Waals surface area contributed by atoms with Gasteiger partial charge in [-0.1, -0.05) is 72.8 Å². The molecule has 4 rings (SSSR count). The summed E-state index contributed by atoms with van der Waals surface area (Å²) in [5, 5.41) is 11.6. The highest BCUT2D eigenvalue weighted by Crippen LogP contribution is 2.43. The third-order valence-electron chi connectivity index (χ3n) is 5.96. The van der Waals surface area contributed by atoms with Crippen LogP contribution < -0.4 is 0 Å². The first-order chi connectivity index (χ1) is 14.0. The fraction of sp³-hybridized carbons (Fsp3) is 0.333. The summed E-state index contributed by atoms with van der Waals surface area (Å²) in [6.07, 6.45) is 4.98. The molecule has 1 aliphatic heterocycles. The van der Waals surface area contributed by atoms with Crippen LogP contribution in [0.1, 0.15) is 54.8 Å². The number of aryl methyl sites for hydroxylation is 1. The Labute approximate surface area is 175 Å². The summed E-state index contributed by atoms with van der Waals surface area (Å²) in [4.78, 5) is 27.8. The predicted octanol–water partition coefficient (Wildman–Crippen LogP) is 5.40. The average molecular weight is 410 g/mol. The lowest BCUT2D eigenvalue weighted by Crippen LogP contribution is -2.40. The highest BCUT2D eigenvalue weighted by Gasteiger charge is 2.48. The highest BCUT2D eigenvalue weighted by molar-refractivity contribution is 6.46. The van der Waals surface area contributed by atoms with Crippen molar-refractivity contribution in [2.45, 2.75) is 51.1 Å². The van der Waals surface area contributed by atoms with Gasteiger partial charge in [0.05, 0.1) is 11.6 Å². The van der Waals surface area contributed by atoms with Gasteiger partial charge in [0.25, 0.3) is 11.7 Å². The molecule has 1 heterocycles. The molecule has 2 aliphatic rings. The number of carbonyl (C=O) groups is 2. The van der Waals surface area contributed by atoms with Crippen molar-refractivity contribution in [3.05, 3.63) is 75.8 Å². The largest absolute Gasteiger partial charge is 0.507 e. The molecule has 1 N–H and O–H groups in total. The van der Waals surface area contributed by atoms with Gasteiger partial charge in [0.15, 0.2) is 0 Å². The monoisotopic (exact) mass is 409 g/mol. The summed E-state index contributed by atoms with van der Waals surface area (Å²) in [5.41, 5.74) is 2.54. The van der Waals surface area contributed by atoms with E-state index in [-0.39, 0.29) is 17.4 Å². The summed E-state index contributed by atoms with van der Waals surface area (Å²) in [5.74, 6) is -1.26. The van der Waals surface area contributed by atoms with Crippen molar-refractivity contribution in [1.82, 2.24) is 4.90 Å². The van der Waals surface area contributed by atoms with Crippen LogP contribution in [0, 0.1) is 6.92 Å². The number of carbonyl (C=O) groups excluding carboxylic acids is 2. The van der Waals surface area contributed by atoms with Crippen LogP contribution in [-0.2, 0) is 9.59 Å². The van der Waals surface area contributed by atoms with Gasteiger partial charge in [-0.05, 0) is 37.5 Å². The Morgan fingerprint density at radius 1 is 0.966 bits per heavy atom. The Hall–Kier alpha value is -2.59. The molecule has 29 heavy (non-hydrogen) atoms. The van der Waals surface area contributed by atoms with Gasteiger partial charge < -0.3 is 10.0 Å². The predicted molar refractivity (Wildman–Crippen MR) is 114 cm³/mol. The van der Waals surface area contributed by atoms with Crippen LogP contribution in [0.15, 0.2) is 54.1 Å². The number of aliphatic hydroxyl groups excluding tert-OH is 1. The first kappa shape index (κ1) is 19.7. The molecule has 2 fully saturated rings. The molecular formula is C24H24ClNO3. The van der Waals surface area contributed by atoms with E-state index in [9.17, 15) is 14.7 Å². The number of amides is 1. The van der Waals surface area contributed by atoms with E-state index in [2.05, 4.69) is 0 Å². The molecule has 2 aromatic carbocycles. The molecule has 1 atom stereocenters. The summed E-state index contributed by atoms with van der Waals surface area (Å²) < 4.78 is 0. The minimum absolute atomic E-state index is 0.00389. The molecule has 5 heteroatoms. The van der Waals surface area contributed by atoms with Crippen LogP contribution in [0.25, 0.3) is 5.76 Å². The molecule has 2 aromatic rings. The molecular weight excluding hydrogens is 386 g/mol. The van der Waals surface area contributed by atoms with Crippen LogP contribution >= 0.6 is 11.6 Å². The van der Waals surface area contributed by atoms with Crippen LogP contribution in [0.2, 0.25) is 5.02 Å². The summed E-state index contributed by atoms with van der Waals surface area (Å²) >= 11 is 6.06. The first-order valence-electron chi connectivity index (χ1n) is 10.1. The Morgan fingerprint density at radius 2 is 1.59 bits per heavy atom. The van der Waals surface area contributed by atoms with Crippen molar-refractivity contribution in [3.8, 4) is 0 Å². The zero-order valence-corrected chi connectivity index (χ0v) is 17.2. The quantitative estimate of drug-likeness (QED) is 0.419. The standard InChI is InChI=1S/C24H24ClNO3/c1-15-7-9-17(10-8-15)22(27)20-21(16-11-13-18(25)14-12-16)26(24(29)23(20)28)19-5-3-2-4-6-19/h7-14,19,21,27H,2-6H2,1H3/b22-20-. The van der Waals surface area contributed by atoms with Gasteiger partial charge >= 0.3 is 0 Å². The maximum absolute atomic E-state index is 13.1. The van der Waals surface area contributed by atoms with Gasteiger partial charge in [0.1, 0.15) is 5.76 Å². The lowest BCUT2D eigenvalue weighted by Gasteiger charge is -2.35. The number of hydrogen-bond acceptors (Lipinski definition) is 3. The van der Waals surface area contributed by atoms with Crippen molar-refractivity contribution in [2.75, 3.05) is 0 Å². The van der Waals surface area contributed by atoms with E-state index in [1.165, 1.54) is 0 Å². The molecule has 1 amide bonds. The van der Waals surface area contributed by atoms with Crippen molar-refractivity contribution in [3.63, 3.8) is 0 Å². The highest BCUT2D eigenvalue weighted by atomic mass is 35.5. The molecule has 1 saturated heterocycles. The molecule has 1 unspecified atom stereocenters. The van der Waals surface area contributed by atoms with E-state index in [4.69, 9.17) is 11.6 Å². The van der Waals surface area contributed by atoms with Crippen LogP contribution in [-0.4, -0.2) is 27.7 Å². The molecule has 0 bridgehead atoms. The summed E-state index contributed by atoms with van der Waals surface area (Å²) in [7, 11) is 0. The van der Waals surface area contributed by atoms with Crippen molar-refractivity contribution >= 4 is 29.1 Å². The van der Waals surface area contributed by atoms with Crippen molar-refractivity contribution < 1.29 is 14.7 Å². The minimum atomic E-state index is -0.617. The Balaban J connectivity index is 1.86. The molecule has 4 nitrogen and oxygen atoms in total. The third-order valence-corrected chi connectivity index (χ3v) is 6.21. The number of nitrogens with zero attached hydrogens (tertiary/aromatic N) is 1. The lowest BCUT2D eigenvalue weighted by atomic mass is 9.91. The maximum Gasteiger partial charge on any atom is 0.295 e. The van der Waals surface area contributed by atoms with E-state index >= 15 is 0 Å². The second kappa shape index (κ2) is 8.03. The van der Waals surface area contributed by atoms with Gasteiger partial charge in [-0.15, -0.1) is 0 Å². The average Bonchev–Trinajstić information content (AvgIpc) is 3.00.